The van der Waals surface area contributed by atoms with Gasteiger partial charge in [-0.15, -0.1) is 0 Å². The first-order valence-corrected chi connectivity index (χ1v) is 6.29. The van der Waals surface area contributed by atoms with Crippen LogP contribution in [0.2, 0.25) is 0 Å². The average Bonchev–Trinajstić information content (AvgIpc) is 2.89. The molecule has 0 atom stereocenters. The zero-order valence-electron chi connectivity index (χ0n) is 11.6. The topological polar surface area (TPSA) is 73.2 Å². The van der Waals surface area contributed by atoms with Gasteiger partial charge in [0.1, 0.15) is 11.6 Å². The van der Waals surface area contributed by atoms with E-state index >= 15 is 0 Å². The fraction of sp³-hybridized carbons (Fsp3) is 0.133. The van der Waals surface area contributed by atoms with Crippen molar-refractivity contribution in [3.63, 3.8) is 0 Å². The van der Waals surface area contributed by atoms with Gasteiger partial charge in [0.2, 0.25) is 0 Å². The highest BCUT2D eigenvalue weighted by Crippen LogP contribution is 2.36. The third-order valence-corrected chi connectivity index (χ3v) is 3.25. The summed E-state index contributed by atoms with van der Waals surface area (Å²) in [4.78, 5) is 7.47. The SMILES string of the molecule is COc1cc(N)c(-c2nc3ccc(F)cc3[nH]2)cc1OC. The van der Waals surface area contributed by atoms with Crippen molar-refractivity contribution >= 4 is 16.7 Å². The first kappa shape index (κ1) is 13.2. The van der Waals surface area contributed by atoms with Gasteiger partial charge in [-0.2, -0.15) is 0 Å². The summed E-state index contributed by atoms with van der Waals surface area (Å²) in [5.74, 6) is 1.32. The molecule has 0 amide bonds. The van der Waals surface area contributed by atoms with Crippen LogP contribution >= 0.6 is 0 Å². The number of aromatic nitrogens is 2. The van der Waals surface area contributed by atoms with Gasteiger partial charge in [0.05, 0.1) is 25.3 Å². The van der Waals surface area contributed by atoms with Crippen molar-refractivity contribution in [3.8, 4) is 22.9 Å². The van der Waals surface area contributed by atoms with E-state index in [9.17, 15) is 4.39 Å². The summed E-state index contributed by atoms with van der Waals surface area (Å²) >= 11 is 0. The van der Waals surface area contributed by atoms with Crippen molar-refractivity contribution in [2.24, 2.45) is 0 Å². The number of halogens is 1. The number of aromatic amines is 1. The average molecular weight is 287 g/mol. The fourth-order valence-electron chi connectivity index (χ4n) is 2.21. The summed E-state index contributed by atoms with van der Waals surface area (Å²) in [5.41, 5.74) is 8.48. The number of benzene rings is 2. The molecule has 5 nitrogen and oxygen atoms in total. The Hall–Kier alpha value is -2.76. The van der Waals surface area contributed by atoms with E-state index in [1.54, 1.807) is 32.4 Å². The summed E-state index contributed by atoms with van der Waals surface area (Å²) in [6.07, 6.45) is 0. The molecule has 3 aromatic rings. The number of fused-ring (bicyclic) bond motifs is 1. The Morgan fingerprint density at radius 1 is 1.10 bits per heavy atom. The minimum absolute atomic E-state index is 0.321. The lowest BCUT2D eigenvalue weighted by Crippen LogP contribution is -1.96. The van der Waals surface area contributed by atoms with Crippen LogP contribution < -0.4 is 15.2 Å². The van der Waals surface area contributed by atoms with Crippen LogP contribution in [0, 0.1) is 5.82 Å². The van der Waals surface area contributed by atoms with E-state index in [0.29, 0.717) is 39.6 Å². The molecular formula is C15H14FN3O2. The van der Waals surface area contributed by atoms with Crippen LogP contribution in [0.15, 0.2) is 30.3 Å². The van der Waals surface area contributed by atoms with Gasteiger partial charge in [0.25, 0.3) is 0 Å². The molecule has 0 aliphatic heterocycles. The zero-order valence-corrected chi connectivity index (χ0v) is 11.6. The van der Waals surface area contributed by atoms with E-state index in [2.05, 4.69) is 9.97 Å². The lowest BCUT2D eigenvalue weighted by atomic mass is 10.1. The summed E-state index contributed by atoms with van der Waals surface area (Å²) < 4.78 is 23.7. The van der Waals surface area contributed by atoms with Crippen molar-refractivity contribution in [2.75, 3.05) is 20.0 Å². The number of anilines is 1. The number of rotatable bonds is 3. The van der Waals surface area contributed by atoms with Gasteiger partial charge in [0.15, 0.2) is 11.5 Å². The van der Waals surface area contributed by atoms with E-state index in [1.165, 1.54) is 12.1 Å². The molecule has 3 N–H and O–H groups in total. The molecular weight excluding hydrogens is 273 g/mol. The molecule has 0 spiro atoms. The van der Waals surface area contributed by atoms with Gasteiger partial charge >= 0.3 is 0 Å². The van der Waals surface area contributed by atoms with E-state index in [4.69, 9.17) is 15.2 Å². The van der Waals surface area contributed by atoms with Crippen LogP contribution in [0.25, 0.3) is 22.4 Å². The zero-order chi connectivity index (χ0) is 15.0. The highest BCUT2D eigenvalue weighted by Gasteiger charge is 2.14. The minimum atomic E-state index is -0.321. The maximum atomic E-state index is 13.2. The van der Waals surface area contributed by atoms with Gasteiger partial charge in [-0.3, -0.25) is 0 Å². The number of nitrogens with zero attached hydrogens (tertiary/aromatic N) is 1. The molecule has 108 valence electrons. The molecule has 0 saturated heterocycles. The lowest BCUT2D eigenvalue weighted by Gasteiger charge is -2.11. The Morgan fingerprint density at radius 3 is 2.52 bits per heavy atom. The van der Waals surface area contributed by atoms with Gasteiger partial charge in [0, 0.05) is 17.3 Å². The van der Waals surface area contributed by atoms with Gasteiger partial charge in [-0.05, 0) is 24.3 Å². The molecule has 0 fully saturated rings. The maximum absolute atomic E-state index is 13.2. The Balaban J connectivity index is 2.17. The molecule has 0 bridgehead atoms. The van der Waals surface area contributed by atoms with Crippen LogP contribution in [-0.2, 0) is 0 Å². The Morgan fingerprint density at radius 2 is 1.81 bits per heavy atom. The number of ether oxygens (including phenoxy) is 2. The molecule has 21 heavy (non-hydrogen) atoms. The van der Waals surface area contributed by atoms with Crippen molar-refractivity contribution in [3.05, 3.63) is 36.1 Å². The number of nitrogen functional groups attached to an aromatic ring is 1. The molecule has 1 aromatic heterocycles. The van der Waals surface area contributed by atoms with Gasteiger partial charge in [-0.1, -0.05) is 0 Å². The minimum Gasteiger partial charge on any atom is -0.493 e. The van der Waals surface area contributed by atoms with Crippen LogP contribution in [0.1, 0.15) is 0 Å². The molecule has 0 aliphatic carbocycles. The Bertz CT molecular complexity index is 814. The summed E-state index contributed by atoms with van der Waals surface area (Å²) in [7, 11) is 3.09. The summed E-state index contributed by atoms with van der Waals surface area (Å²) in [6.45, 7) is 0. The third-order valence-electron chi connectivity index (χ3n) is 3.25. The molecule has 1 heterocycles. The number of hydrogen-bond donors (Lipinski definition) is 2. The van der Waals surface area contributed by atoms with E-state index < -0.39 is 0 Å². The van der Waals surface area contributed by atoms with Gasteiger partial charge in [-0.25, -0.2) is 9.37 Å². The smallest absolute Gasteiger partial charge is 0.162 e. The van der Waals surface area contributed by atoms with Gasteiger partial charge < -0.3 is 20.2 Å². The number of nitrogens with two attached hydrogens (primary N) is 1. The number of H-pyrrole nitrogens is 1. The first-order chi connectivity index (χ1) is 10.1. The normalized spacial score (nSPS) is 10.8. The largest absolute Gasteiger partial charge is 0.493 e. The predicted octanol–water partition coefficient (Wildman–Crippen LogP) is 2.97. The molecule has 3 rings (SSSR count). The molecule has 0 unspecified atom stereocenters. The number of nitrogens with one attached hydrogen (secondary N) is 1. The number of imidazole rings is 1. The van der Waals surface area contributed by atoms with E-state index in [1.807, 2.05) is 0 Å². The van der Waals surface area contributed by atoms with Crippen molar-refractivity contribution in [2.45, 2.75) is 0 Å². The first-order valence-electron chi connectivity index (χ1n) is 6.29. The molecule has 6 heteroatoms. The molecule has 0 radical (unpaired) electrons. The highest BCUT2D eigenvalue weighted by atomic mass is 19.1. The lowest BCUT2D eigenvalue weighted by molar-refractivity contribution is 0.355. The second kappa shape index (κ2) is 4.97. The highest BCUT2D eigenvalue weighted by molar-refractivity contribution is 5.83. The Kier molecular flexibility index (Phi) is 3.13. The van der Waals surface area contributed by atoms with E-state index in [-0.39, 0.29) is 5.82 Å². The van der Waals surface area contributed by atoms with Crippen molar-refractivity contribution < 1.29 is 13.9 Å². The second-order valence-corrected chi connectivity index (χ2v) is 4.54. The quantitative estimate of drug-likeness (QED) is 0.726. The van der Waals surface area contributed by atoms with Crippen LogP contribution in [0.3, 0.4) is 0 Å². The Labute approximate surface area is 120 Å². The fourth-order valence-corrected chi connectivity index (χ4v) is 2.21. The molecule has 2 aromatic carbocycles. The van der Waals surface area contributed by atoms with Crippen molar-refractivity contribution in [1.29, 1.82) is 0 Å². The number of methoxy groups -OCH3 is 2. The molecule has 0 aliphatic rings. The summed E-state index contributed by atoms with van der Waals surface area (Å²) in [6, 6.07) is 7.78. The van der Waals surface area contributed by atoms with E-state index in [0.717, 1.165) is 0 Å². The standard InChI is InChI=1S/C15H14FN3O2/c1-20-13-6-9(10(17)7-14(13)21-2)15-18-11-4-3-8(16)5-12(11)19-15/h3-7H,17H2,1-2H3,(H,18,19). The van der Waals surface area contributed by atoms with Crippen LogP contribution in [-0.4, -0.2) is 24.2 Å². The monoisotopic (exact) mass is 287 g/mol. The number of hydrogen-bond acceptors (Lipinski definition) is 4. The van der Waals surface area contributed by atoms with Crippen LogP contribution in [0.4, 0.5) is 10.1 Å². The predicted molar refractivity (Wildman–Crippen MR) is 79.0 cm³/mol. The van der Waals surface area contributed by atoms with Crippen LogP contribution in [0.5, 0.6) is 11.5 Å². The summed E-state index contributed by atoms with van der Waals surface area (Å²) in [5, 5.41) is 0. The molecule has 0 saturated carbocycles. The van der Waals surface area contributed by atoms with Crippen molar-refractivity contribution in [1.82, 2.24) is 9.97 Å². The second-order valence-electron chi connectivity index (χ2n) is 4.54. The third kappa shape index (κ3) is 2.24. The maximum Gasteiger partial charge on any atom is 0.162 e.